The van der Waals surface area contributed by atoms with Crippen molar-refractivity contribution in [2.75, 3.05) is 6.54 Å². The van der Waals surface area contributed by atoms with Crippen LogP contribution in [0.25, 0.3) is 10.9 Å². The molecule has 0 bridgehead atoms. The van der Waals surface area contributed by atoms with Crippen molar-refractivity contribution in [3.8, 4) is 0 Å². The number of Topliss-reactive ketones (excluding diaryl/α,β-unsaturated/α-hetero) is 1. The maximum absolute atomic E-state index is 13.2. The van der Waals surface area contributed by atoms with Crippen molar-refractivity contribution in [1.82, 2.24) is 8.87 Å². The predicted octanol–water partition coefficient (Wildman–Crippen LogP) is 3.14. The summed E-state index contributed by atoms with van der Waals surface area (Å²) in [4.78, 5) is 13.0. The first-order chi connectivity index (χ1) is 13.0. The smallest absolute Gasteiger partial charge is 0.243 e. The highest BCUT2D eigenvalue weighted by Gasteiger charge is 2.38. The Labute approximate surface area is 159 Å². The van der Waals surface area contributed by atoms with Gasteiger partial charge in [0, 0.05) is 37.1 Å². The topological polar surface area (TPSA) is 59.4 Å². The lowest BCUT2D eigenvalue weighted by atomic mass is 9.96. The van der Waals surface area contributed by atoms with E-state index in [1.54, 1.807) is 30.3 Å². The van der Waals surface area contributed by atoms with Gasteiger partial charge in [-0.2, -0.15) is 4.31 Å². The van der Waals surface area contributed by atoms with Gasteiger partial charge in [-0.25, -0.2) is 8.42 Å². The molecule has 1 aromatic heterocycles. The highest BCUT2D eigenvalue weighted by Crippen LogP contribution is 2.28. The van der Waals surface area contributed by atoms with E-state index in [0.29, 0.717) is 25.8 Å². The van der Waals surface area contributed by atoms with Crippen LogP contribution < -0.4 is 0 Å². The second-order valence-electron chi connectivity index (χ2n) is 7.00. The highest BCUT2D eigenvalue weighted by atomic mass is 32.2. The largest absolute Gasteiger partial charge is 0.350 e. The van der Waals surface area contributed by atoms with Crippen LogP contribution in [-0.2, 0) is 28.3 Å². The second-order valence-corrected chi connectivity index (χ2v) is 8.89. The molecule has 3 aromatic rings. The summed E-state index contributed by atoms with van der Waals surface area (Å²) in [5.41, 5.74) is 2.08. The molecule has 1 fully saturated rings. The van der Waals surface area contributed by atoms with Crippen LogP contribution in [0.5, 0.6) is 0 Å². The number of fused-ring (bicyclic) bond motifs is 1. The van der Waals surface area contributed by atoms with E-state index in [4.69, 9.17) is 0 Å². The van der Waals surface area contributed by atoms with E-state index in [0.717, 1.165) is 16.5 Å². The van der Waals surface area contributed by atoms with E-state index in [-0.39, 0.29) is 10.7 Å². The number of aromatic nitrogens is 1. The SMILES string of the molecule is Cn1cc(C[C@H]2C(=O)CCCN2S(=O)(=O)c2ccccc2)c2ccccc21. The third-order valence-corrected chi connectivity index (χ3v) is 7.19. The molecule has 1 saturated heterocycles. The minimum Gasteiger partial charge on any atom is -0.350 e. The Morgan fingerprint density at radius 1 is 1.04 bits per heavy atom. The number of para-hydroxylation sites is 1. The van der Waals surface area contributed by atoms with Gasteiger partial charge in [0.05, 0.1) is 10.9 Å². The predicted molar refractivity (Wildman–Crippen MR) is 105 cm³/mol. The van der Waals surface area contributed by atoms with Gasteiger partial charge in [0.15, 0.2) is 5.78 Å². The number of carbonyl (C=O) groups is 1. The Hall–Kier alpha value is -2.44. The summed E-state index contributed by atoms with van der Waals surface area (Å²) in [6.07, 6.45) is 3.39. The number of piperidine rings is 1. The molecule has 2 heterocycles. The van der Waals surface area contributed by atoms with Crippen LogP contribution in [0.2, 0.25) is 0 Å². The quantitative estimate of drug-likeness (QED) is 0.696. The molecule has 27 heavy (non-hydrogen) atoms. The third kappa shape index (κ3) is 3.19. The Morgan fingerprint density at radius 3 is 2.52 bits per heavy atom. The zero-order chi connectivity index (χ0) is 19.0. The molecule has 140 valence electrons. The normalized spacial score (nSPS) is 18.9. The van der Waals surface area contributed by atoms with Crippen molar-refractivity contribution in [3.63, 3.8) is 0 Å². The maximum atomic E-state index is 13.2. The molecule has 0 amide bonds. The molecule has 0 saturated carbocycles. The van der Waals surface area contributed by atoms with E-state index in [1.165, 1.54) is 4.31 Å². The van der Waals surface area contributed by atoms with Gasteiger partial charge in [-0.3, -0.25) is 4.79 Å². The van der Waals surface area contributed by atoms with Crippen LogP contribution in [-0.4, -0.2) is 35.7 Å². The zero-order valence-corrected chi connectivity index (χ0v) is 16.0. The molecule has 2 aromatic carbocycles. The van der Waals surface area contributed by atoms with Crippen LogP contribution in [0.1, 0.15) is 18.4 Å². The number of hydrogen-bond donors (Lipinski definition) is 0. The Kier molecular flexibility index (Phi) is 4.61. The fourth-order valence-electron chi connectivity index (χ4n) is 3.92. The number of sulfonamides is 1. The lowest BCUT2D eigenvalue weighted by Gasteiger charge is -2.33. The maximum Gasteiger partial charge on any atom is 0.243 e. The van der Waals surface area contributed by atoms with E-state index in [1.807, 2.05) is 42.1 Å². The van der Waals surface area contributed by atoms with E-state index in [9.17, 15) is 13.2 Å². The first-order valence-corrected chi connectivity index (χ1v) is 10.5. The van der Waals surface area contributed by atoms with E-state index < -0.39 is 16.1 Å². The molecule has 0 N–H and O–H groups in total. The van der Waals surface area contributed by atoms with Crippen molar-refractivity contribution in [3.05, 3.63) is 66.4 Å². The van der Waals surface area contributed by atoms with Gasteiger partial charge < -0.3 is 4.57 Å². The fraction of sp³-hybridized carbons (Fsp3) is 0.286. The van der Waals surface area contributed by atoms with Crippen LogP contribution in [0.15, 0.2) is 65.7 Å². The van der Waals surface area contributed by atoms with E-state index in [2.05, 4.69) is 0 Å². The van der Waals surface area contributed by atoms with Gasteiger partial charge in [0.25, 0.3) is 0 Å². The molecule has 0 aliphatic carbocycles. The van der Waals surface area contributed by atoms with Crippen LogP contribution in [0, 0.1) is 0 Å². The lowest BCUT2D eigenvalue weighted by Crippen LogP contribution is -2.49. The van der Waals surface area contributed by atoms with Gasteiger partial charge in [-0.1, -0.05) is 36.4 Å². The van der Waals surface area contributed by atoms with Crippen molar-refractivity contribution < 1.29 is 13.2 Å². The number of ketones is 1. The first kappa shape index (κ1) is 17.9. The molecule has 1 atom stereocenters. The molecular formula is C21H22N2O3S. The summed E-state index contributed by atoms with van der Waals surface area (Å²) >= 11 is 0. The molecule has 1 aliphatic heterocycles. The number of aryl methyl sites for hydroxylation is 1. The molecule has 5 nitrogen and oxygen atoms in total. The highest BCUT2D eigenvalue weighted by molar-refractivity contribution is 7.89. The van der Waals surface area contributed by atoms with Crippen LogP contribution >= 0.6 is 0 Å². The monoisotopic (exact) mass is 382 g/mol. The Bertz CT molecular complexity index is 1090. The molecule has 1 aliphatic rings. The average molecular weight is 382 g/mol. The fourth-order valence-corrected chi connectivity index (χ4v) is 5.59. The van der Waals surface area contributed by atoms with Gasteiger partial charge in [0.2, 0.25) is 10.0 Å². The first-order valence-electron chi connectivity index (χ1n) is 9.11. The third-order valence-electron chi connectivity index (χ3n) is 5.26. The summed E-state index contributed by atoms with van der Waals surface area (Å²) < 4.78 is 29.8. The molecule has 0 radical (unpaired) electrons. The minimum atomic E-state index is -3.70. The Morgan fingerprint density at radius 2 is 1.74 bits per heavy atom. The molecule has 6 heteroatoms. The van der Waals surface area contributed by atoms with Crippen LogP contribution in [0.3, 0.4) is 0 Å². The molecule has 0 unspecified atom stereocenters. The van der Waals surface area contributed by atoms with Gasteiger partial charge in [-0.05, 0) is 36.6 Å². The molecular weight excluding hydrogens is 360 g/mol. The minimum absolute atomic E-state index is 0.00584. The zero-order valence-electron chi connectivity index (χ0n) is 15.2. The lowest BCUT2D eigenvalue weighted by molar-refractivity contribution is -0.124. The van der Waals surface area contributed by atoms with Crippen LogP contribution in [0.4, 0.5) is 0 Å². The average Bonchev–Trinajstić information content (AvgIpc) is 3.00. The number of carbonyl (C=O) groups excluding carboxylic acids is 1. The second kappa shape index (κ2) is 6.94. The Balaban J connectivity index is 1.73. The van der Waals surface area contributed by atoms with Gasteiger partial charge in [0.1, 0.15) is 0 Å². The summed E-state index contributed by atoms with van der Waals surface area (Å²) in [6.45, 7) is 0.373. The standard InChI is InChI=1S/C21H22N2O3S/c1-22-15-16(18-10-5-6-11-19(18)22)14-20-21(24)12-7-13-23(20)27(25,26)17-8-3-2-4-9-17/h2-6,8-11,15,20H,7,12-14H2,1H3/t20-/m0/s1. The number of benzene rings is 2. The summed E-state index contributed by atoms with van der Waals surface area (Å²) in [5, 5.41) is 1.07. The van der Waals surface area contributed by atoms with Crippen molar-refractivity contribution in [1.29, 1.82) is 0 Å². The number of rotatable bonds is 4. The van der Waals surface area contributed by atoms with Crippen molar-refractivity contribution in [2.45, 2.75) is 30.2 Å². The number of nitrogens with zero attached hydrogens (tertiary/aromatic N) is 2. The van der Waals surface area contributed by atoms with Gasteiger partial charge >= 0.3 is 0 Å². The van der Waals surface area contributed by atoms with Crippen molar-refractivity contribution in [2.24, 2.45) is 7.05 Å². The molecule has 4 rings (SSSR count). The molecule has 0 spiro atoms. The van der Waals surface area contributed by atoms with Crippen molar-refractivity contribution >= 4 is 26.7 Å². The van der Waals surface area contributed by atoms with Gasteiger partial charge in [-0.15, -0.1) is 0 Å². The number of hydrogen-bond acceptors (Lipinski definition) is 3. The summed E-state index contributed by atoms with van der Waals surface area (Å²) in [7, 11) is -1.74. The summed E-state index contributed by atoms with van der Waals surface area (Å²) in [5.74, 6) is -0.00584. The van der Waals surface area contributed by atoms with E-state index >= 15 is 0 Å². The summed E-state index contributed by atoms with van der Waals surface area (Å²) in [6, 6.07) is 15.7.